The number of benzene rings is 9. The molecule has 0 amide bonds. The Morgan fingerprint density at radius 2 is 0.766 bits per heavy atom. The fraction of sp³-hybridized carbons (Fsp3) is 0.0222. The van der Waals surface area contributed by atoms with E-state index in [1.165, 1.54) is 76.5 Å². The normalized spacial score (nSPS) is 13.5. The summed E-state index contributed by atoms with van der Waals surface area (Å²) in [5, 5.41) is 13.1. The van der Waals surface area contributed by atoms with Gasteiger partial charge in [-0.2, -0.15) is 0 Å². The monoisotopic (exact) mass is 636 g/mol. The third-order valence-electron chi connectivity index (χ3n) is 10.4. The van der Waals surface area contributed by atoms with E-state index >= 15 is 0 Å². The molecule has 1 aliphatic rings. The summed E-state index contributed by atoms with van der Waals surface area (Å²) in [7, 11) is 0. The van der Waals surface area contributed by atoms with Crippen molar-refractivity contribution in [3.05, 3.63) is 190 Å². The zero-order valence-corrected chi connectivity index (χ0v) is 26.8. The van der Waals surface area contributed by atoms with Crippen LogP contribution in [0, 0.1) is 0 Å². The molecule has 0 nitrogen and oxygen atoms in total. The topological polar surface area (TPSA) is 0 Å². The maximum absolute atomic E-state index is 6.82. The Hall–Kier alpha value is -5.14. The van der Waals surface area contributed by atoms with E-state index in [-0.39, 0.29) is 0 Å². The fourth-order valence-electron chi connectivity index (χ4n) is 8.59. The van der Waals surface area contributed by atoms with Gasteiger partial charge in [0.1, 0.15) is 0 Å². The van der Waals surface area contributed by atoms with Crippen LogP contribution in [-0.2, 0) is 5.41 Å². The van der Waals surface area contributed by atoms with Crippen LogP contribution < -0.4 is 0 Å². The van der Waals surface area contributed by atoms with Gasteiger partial charge in [0, 0.05) is 0 Å². The smallest absolute Gasteiger partial charge is 0.0713 e. The minimum absolute atomic E-state index is 0.492. The molecule has 0 fully saturated rings. The molecule has 0 N–H and O–H groups in total. The second-order valence-electron chi connectivity index (χ2n) is 12.6. The highest BCUT2D eigenvalue weighted by molar-refractivity contribution is 6.45. The van der Waals surface area contributed by atoms with Gasteiger partial charge in [0.2, 0.25) is 0 Å². The van der Waals surface area contributed by atoms with Crippen molar-refractivity contribution >= 4 is 77.1 Å². The summed E-state index contributed by atoms with van der Waals surface area (Å²) in [6.07, 6.45) is 0. The van der Waals surface area contributed by atoms with Crippen LogP contribution in [0.2, 0.25) is 10.0 Å². The molecular formula is C45H26Cl2. The molecule has 0 atom stereocenters. The maximum atomic E-state index is 6.82. The zero-order valence-electron chi connectivity index (χ0n) is 25.3. The van der Waals surface area contributed by atoms with E-state index in [0.717, 1.165) is 10.8 Å². The van der Waals surface area contributed by atoms with Gasteiger partial charge in [0.15, 0.2) is 0 Å². The van der Waals surface area contributed by atoms with Crippen LogP contribution in [0.3, 0.4) is 0 Å². The molecule has 9 aromatic carbocycles. The quantitative estimate of drug-likeness (QED) is 0.166. The summed E-state index contributed by atoms with van der Waals surface area (Å²) in [4.78, 5) is 0. The van der Waals surface area contributed by atoms with Gasteiger partial charge in [-0.3, -0.25) is 0 Å². The second-order valence-corrected chi connectivity index (χ2v) is 13.4. The SMILES string of the molecule is Clc1cc2c3cc4c(cc3c3c5ccccc5c5ccccc5c3c2cc1Cl)C(c1ccccc1)(c1ccccc1)c1ccccc1-4. The molecule has 0 aromatic heterocycles. The average molecular weight is 638 g/mol. The number of hydrogen-bond donors (Lipinski definition) is 0. The van der Waals surface area contributed by atoms with Crippen LogP contribution in [-0.4, -0.2) is 0 Å². The van der Waals surface area contributed by atoms with Crippen LogP contribution in [0.15, 0.2) is 158 Å². The number of halogens is 2. The summed E-state index contributed by atoms with van der Waals surface area (Å²) < 4.78 is 0. The molecule has 0 radical (unpaired) electrons. The van der Waals surface area contributed by atoms with Crippen molar-refractivity contribution in [2.45, 2.75) is 5.41 Å². The molecule has 10 rings (SSSR count). The molecule has 0 spiro atoms. The molecule has 0 unspecified atom stereocenters. The molecule has 0 bridgehead atoms. The van der Waals surface area contributed by atoms with Gasteiger partial charge in [-0.05, 0) is 112 Å². The first-order valence-corrected chi connectivity index (χ1v) is 16.7. The minimum atomic E-state index is -0.492. The Morgan fingerprint density at radius 3 is 1.36 bits per heavy atom. The summed E-state index contributed by atoms with van der Waals surface area (Å²) >= 11 is 13.6. The number of hydrogen-bond acceptors (Lipinski definition) is 0. The van der Waals surface area contributed by atoms with Gasteiger partial charge in [-0.25, -0.2) is 0 Å². The standard InChI is InChI=1S/C45H26Cl2/c46-41-25-35-34-23-36-31-19-11-12-22-39(31)45(27-13-3-1-4-14-27,28-15-5-2-6-16-28)40(36)24-37(34)43-32-20-9-7-17-29(32)30-18-8-10-21-33(30)44(43)38(35)26-42(41)47/h1-26H. The fourth-order valence-corrected chi connectivity index (χ4v) is 8.92. The van der Waals surface area contributed by atoms with Crippen molar-refractivity contribution in [3.63, 3.8) is 0 Å². The Kier molecular flexibility index (Phi) is 5.71. The Bertz CT molecular complexity index is 2700. The van der Waals surface area contributed by atoms with Gasteiger partial charge in [-0.15, -0.1) is 0 Å². The number of fused-ring (bicyclic) bond motifs is 14. The summed E-state index contributed by atoms with van der Waals surface area (Å²) in [5.74, 6) is 0. The van der Waals surface area contributed by atoms with Crippen molar-refractivity contribution < 1.29 is 0 Å². The third kappa shape index (κ3) is 3.55. The van der Waals surface area contributed by atoms with E-state index in [2.05, 4.69) is 158 Å². The van der Waals surface area contributed by atoms with Crippen LogP contribution in [0.4, 0.5) is 0 Å². The molecule has 0 saturated carbocycles. The third-order valence-corrected chi connectivity index (χ3v) is 11.1. The van der Waals surface area contributed by atoms with Crippen LogP contribution >= 0.6 is 23.2 Å². The molecular weight excluding hydrogens is 611 g/mol. The highest BCUT2D eigenvalue weighted by Crippen LogP contribution is 2.58. The molecule has 9 aromatic rings. The Labute approximate surface area is 282 Å². The first-order chi connectivity index (χ1) is 23.2. The van der Waals surface area contributed by atoms with Gasteiger partial charge in [-0.1, -0.05) is 157 Å². The average Bonchev–Trinajstić information content (AvgIpc) is 3.42. The molecule has 47 heavy (non-hydrogen) atoms. The largest absolute Gasteiger partial charge is 0.0827 e. The predicted molar refractivity (Wildman–Crippen MR) is 201 cm³/mol. The van der Waals surface area contributed by atoms with E-state index in [1.54, 1.807) is 0 Å². The molecule has 0 saturated heterocycles. The van der Waals surface area contributed by atoms with E-state index in [4.69, 9.17) is 23.2 Å². The van der Waals surface area contributed by atoms with Gasteiger partial charge < -0.3 is 0 Å². The predicted octanol–water partition coefficient (Wildman–Crippen LogP) is 13.1. The van der Waals surface area contributed by atoms with Crippen molar-refractivity contribution in [2.24, 2.45) is 0 Å². The van der Waals surface area contributed by atoms with E-state index in [9.17, 15) is 0 Å². The van der Waals surface area contributed by atoms with Crippen LogP contribution in [0.25, 0.3) is 65.0 Å². The lowest BCUT2D eigenvalue weighted by Gasteiger charge is -2.34. The molecule has 0 heterocycles. The minimum Gasteiger partial charge on any atom is -0.0827 e. The lowest BCUT2D eigenvalue weighted by Crippen LogP contribution is -2.28. The maximum Gasteiger partial charge on any atom is 0.0713 e. The zero-order chi connectivity index (χ0) is 31.3. The summed E-state index contributed by atoms with van der Waals surface area (Å²) in [6, 6.07) is 57.6. The Balaban J connectivity index is 1.51. The number of rotatable bonds is 2. The van der Waals surface area contributed by atoms with E-state index < -0.39 is 5.41 Å². The van der Waals surface area contributed by atoms with E-state index in [1.807, 2.05) is 0 Å². The van der Waals surface area contributed by atoms with Crippen molar-refractivity contribution in [1.29, 1.82) is 0 Å². The van der Waals surface area contributed by atoms with Crippen molar-refractivity contribution in [3.8, 4) is 11.1 Å². The lowest BCUT2D eigenvalue weighted by atomic mass is 9.67. The van der Waals surface area contributed by atoms with Gasteiger partial charge in [0.05, 0.1) is 15.5 Å². The highest BCUT2D eigenvalue weighted by atomic mass is 35.5. The van der Waals surface area contributed by atoms with Gasteiger partial charge >= 0.3 is 0 Å². The van der Waals surface area contributed by atoms with Crippen LogP contribution in [0.5, 0.6) is 0 Å². The first kappa shape index (κ1) is 27.0. The van der Waals surface area contributed by atoms with Crippen LogP contribution in [0.1, 0.15) is 22.3 Å². The molecule has 1 aliphatic carbocycles. The van der Waals surface area contributed by atoms with Crippen molar-refractivity contribution in [2.75, 3.05) is 0 Å². The first-order valence-electron chi connectivity index (χ1n) is 16.0. The molecule has 2 heteroatoms. The molecule has 0 aliphatic heterocycles. The lowest BCUT2D eigenvalue weighted by molar-refractivity contribution is 0.769. The van der Waals surface area contributed by atoms with Crippen molar-refractivity contribution in [1.82, 2.24) is 0 Å². The highest BCUT2D eigenvalue weighted by Gasteiger charge is 2.46. The summed E-state index contributed by atoms with van der Waals surface area (Å²) in [5.41, 5.74) is 7.12. The molecule has 220 valence electrons. The second kappa shape index (κ2) is 9.93. The van der Waals surface area contributed by atoms with E-state index in [0.29, 0.717) is 10.0 Å². The Morgan fingerprint density at radius 1 is 0.319 bits per heavy atom. The van der Waals surface area contributed by atoms with Gasteiger partial charge in [0.25, 0.3) is 0 Å². The summed E-state index contributed by atoms with van der Waals surface area (Å²) in [6.45, 7) is 0.